The number of amides is 2. The SMILES string of the molecule is CCOC(=O)N1CCN(c2ccc(NC(=O)c3ccccc3)nn2)CC1. The zero-order chi connectivity index (χ0) is 18.4. The van der Waals surface area contributed by atoms with Gasteiger partial charge in [0.1, 0.15) is 0 Å². The van der Waals surface area contributed by atoms with Crippen molar-refractivity contribution in [2.75, 3.05) is 43.0 Å². The Morgan fingerprint density at radius 1 is 1.04 bits per heavy atom. The van der Waals surface area contributed by atoms with E-state index >= 15 is 0 Å². The molecular formula is C18H21N5O3. The Balaban J connectivity index is 1.55. The third-order valence-electron chi connectivity index (χ3n) is 4.06. The molecular weight excluding hydrogens is 334 g/mol. The average Bonchev–Trinajstić information content (AvgIpc) is 2.69. The van der Waals surface area contributed by atoms with E-state index in [0.29, 0.717) is 50.0 Å². The molecule has 2 heterocycles. The number of nitrogens with zero attached hydrogens (tertiary/aromatic N) is 4. The third kappa shape index (κ3) is 4.27. The molecule has 0 spiro atoms. The number of benzene rings is 1. The molecule has 2 aromatic rings. The van der Waals surface area contributed by atoms with E-state index in [9.17, 15) is 9.59 Å². The number of aromatic nitrogens is 2. The van der Waals surface area contributed by atoms with Crippen LogP contribution < -0.4 is 10.2 Å². The van der Waals surface area contributed by atoms with Crippen LogP contribution in [0.4, 0.5) is 16.4 Å². The van der Waals surface area contributed by atoms with E-state index in [-0.39, 0.29) is 12.0 Å². The van der Waals surface area contributed by atoms with Crippen molar-refractivity contribution in [1.29, 1.82) is 0 Å². The van der Waals surface area contributed by atoms with Crippen LogP contribution in [0.25, 0.3) is 0 Å². The van der Waals surface area contributed by atoms with E-state index in [4.69, 9.17) is 4.74 Å². The zero-order valence-corrected chi connectivity index (χ0v) is 14.6. The highest BCUT2D eigenvalue weighted by atomic mass is 16.6. The average molecular weight is 355 g/mol. The fraction of sp³-hybridized carbons (Fsp3) is 0.333. The van der Waals surface area contributed by atoms with Crippen molar-refractivity contribution in [1.82, 2.24) is 15.1 Å². The summed E-state index contributed by atoms with van der Waals surface area (Å²) in [6.07, 6.45) is -0.280. The number of nitrogens with one attached hydrogen (secondary N) is 1. The molecule has 8 nitrogen and oxygen atoms in total. The van der Waals surface area contributed by atoms with E-state index in [1.807, 2.05) is 17.0 Å². The van der Waals surface area contributed by atoms with E-state index in [1.165, 1.54) is 0 Å². The molecule has 136 valence electrons. The maximum absolute atomic E-state index is 12.1. The van der Waals surface area contributed by atoms with Crippen molar-refractivity contribution < 1.29 is 14.3 Å². The van der Waals surface area contributed by atoms with Gasteiger partial charge in [-0.05, 0) is 31.2 Å². The number of rotatable bonds is 4. The quantitative estimate of drug-likeness (QED) is 0.903. The Kier molecular flexibility index (Phi) is 5.62. The summed E-state index contributed by atoms with van der Waals surface area (Å²) in [6, 6.07) is 12.5. The zero-order valence-electron chi connectivity index (χ0n) is 14.6. The normalized spacial score (nSPS) is 14.0. The first-order valence-corrected chi connectivity index (χ1v) is 8.54. The minimum atomic E-state index is -0.280. The predicted molar refractivity (Wildman–Crippen MR) is 97.2 cm³/mol. The van der Waals surface area contributed by atoms with Gasteiger partial charge in [-0.15, -0.1) is 10.2 Å². The molecule has 0 unspecified atom stereocenters. The van der Waals surface area contributed by atoms with Crippen molar-refractivity contribution in [3.05, 3.63) is 48.0 Å². The van der Waals surface area contributed by atoms with Gasteiger partial charge in [-0.1, -0.05) is 18.2 Å². The van der Waals surface area contributed by atoms with Crippen molar-refractivity contribution in [2.24, 2.45) is 0 Å². The Morgan fingerprint density at radius 2 is 1.77 bits per heavy atom. The summed E-state index contributed by atoms with van der Waals surface area (Å²) in [5, 5.41) is 11.0. The molecule has 0 aliphatic carbocycles. The van der Waals surface area contributed by atoms with Gasteiger partial charge in [0.15, 0.2) is 11.6 Å². The first-order chi connectivity index (χ1) is 12.7. The molecule has 0 radical (unpaired) electrons. The van der Waals surface area contributed by atoms with Gasteiger partial charge in [-0.3, -0.25) is 4.79 Å². The second kappa shape index (κ2) is 8.28. The molecule has 1 saturated heterocycles. The molecule has 0 bridgehead atoms. The summed E-state index contributed by atoms with van der Waals surface area (Å²) >= 11 is 0. The summed E-state index contributed by atoms with van der Waals surface area (Å²) in [6.45, 7) is 4.63. The molecule has 1 fully saturated rings. The van der Waals surface area contributed by atoms with Gasteiger partial charge in [-0.2, -0.15) is 0 Å². The molecule has 1 aliphatic heterocycles. The summed E-state index contributed by atoms with van der Waals surface area (Å²) < 4.78 is 5.01. The van der Waals surface area contributed by atoms with Crippen LogP contribution in [0, 0.1) is 0 Å². The molecule has 1 aromatic heterocycles. The van der Waals surface area contributed by atoms with Gasteiger partial charge in [0, 0.05) is 31.7 Å². The number of hydrogen-bond donors (Lipinski definition) is 1. The van der Waals surface area contributed by atoms with Gasteiger partial charge >= 0.3 is 6.09 Å². The first kappa shape index (κ1) is 17.7. The standard InChI is InChI=1S/C18H21N5O3/c1-2-26-18(25)23-12-10-22(11-13-23)16-9-8-15(20-21-16)19-17(24)14-6-4-3-5-7-14/h3-9H,2,10-13H2,1H3,(H,19,20,24). The number of piperazine rings is 1. The topological polar surface area (TPSA) is 87.7 Å². The van der Waals surface area contributed by atoms with Crippen molar-refractivity contribution in [3.63, 3.8) is 0 Å². The Labute approximate surface area is 151 Å². The molecule has 8 heteroatoms. The Morgan fingerprint density at radius 3 is 2.38 bits per heavy atom. The van der Waals surface area contributed by atoms with Crippen LogP contribution in [0.5, 0.6) is 0 Å². The van der Waals surface area contributed by atoms with Crippen LogP contribution in [0.15, 0.2) is 42.5 Å². The number of ether oxygens (including phenoxy) is 1. The van der Waals surface area contributed by atoms with Crippen LogP contribution >= 0.6 is 0 Å². The van der Waals surface area contributed by atoms with Gasteiger partial charge in [0.05, 0.1) is 6.61 Å². The number of anilines is 2. The predicted octanol–water partition coefficient (Wildman–Crippen LogP) is 2.01. The fourth-order valence-corrected chi connectivity index (χ4v) is 2.67. The number of hydrogen-bond acceptors (Lipinski definition) is 6. The second-order valence-corrected chi connectivity index (χ2v) is 5.77. The molecule has 3 rings (SSSR count). The number of carbonyl (C=O) groups excluding carboxylic acids is 2. The molecule has 2 amide bonds. The van der Waals surface area contributed by atoms with Crippen LogP contribution in [0.1, 0.15) is 17.3 Å². The Bertz CT molecular complexity index is 743. The highest BCUT2D eigenvalue weighted by Crippen LogP contribution is 2.15. The molecule has 26 heavy (non-hydrogen) atoms. The number of carbonyl (C=O) groups is 2. The lowest BCUT2D eigenvalue weighted by molar-refractivity contribution is 0.102. The molecule has 1 N–H and O–H groups in total. The van der Waals surface area contributed by atoms with E-state index < -0.39 is 0 Å². The highest BCUT2D eigenvalue weighted by Gasteiger charge is 2.22. The fourth-order valence-electron chi connectivity index (χ4n) is 2.67. The highest BCUT2D eigenvalue weighted by molar-refractivity contribution is 6.03. The van der Waals surface area contributed by atoms with Crippen LogP contribution in [-0.4, -0.2) is 59.9 Å². The lowest BCUT2D eigenvalue weighted by Gasteiger charge is -2.34. The molecule has 0 atom stereocenters. The van der Waals surface area contributed by atoms with Gasteiger partial charge in [0.2, 0.25) is 0 Å². The maximum atomic E-state index is 12.1. The van der Waals surface area contributed by atoms with Crippen LogP contribution in [0.3, 0.4) is 0 Å². The third-order valence-corrected chi connectivity index (χ3v) is 4.06. The largest absolute Gasteiger partial charge is 0.450 e. The lowest BCUT2D eigenvalue weighted by atomic mass is 10.2. The van der Waals surface area contributed by atoms with E-state index in [1.54, 1.807) is 42.2 Å². The van der Waals surface area contributed by atoms with E-state index in [2.05, 4.69) is 15.5 Å². The van der Waals surface area contributed by atoms with E-state index in [0.717, 1.165) is 0 Å². The summed E-state index contributed by atoms with van der Waals surface area (Å²) in [5.74, 6) is 0.884. The summed E-state index contributed by atoms with van der Waals surface area (Å²) in [5.41, 5.74) is 0.563. The van der Waals surface area contributed by atoms with Gasteiger partial charge < -0.3 is 19.9 Å². The molecule has 0 saturated carbocycles. The van der Waals surface area contributed by atoms with Crippen LogP contribution in [0.2, 0.25) is 0 Å². The van der Waals surface area contributed by atoms with Crippen LogP contribution in [-0.2, 0) is 4.74 Å². The summed E-state index contributed by atoms with van der Waals surface area (Å²) in [4.78, 5) is 27.6. The minimum absolute atomic E-state index is 0.226. The second-order valence-electron chi connectivity index (χ2n) is 5.77. The maximum Gasteiger partial charge on any atom is 0.409 e. The molecule has 1 aliphatic rings. The van der Waals surface area contributed by atoms with Crippen molar-refractivity contribution >= 4 is 23.6 Å². The first-order valence-electron chi connectivity index (χ1n) is 8.54. The van der Waals surface area contributed by atoms with Crippen molar-refractivity contribution in [2.45, 2.75) is 6.92 Å². The monoisotopic (exact) mass is 355 g/mol. The molecule has 1 aromatic carbocycles. The van der Waals surface area contributed by atoms with Gasteiger partial charge in [0.25, 0.3) is 5.91 Å². The lowest BCUT2D eigenvalue weighted by Crippen LogP contribution is -2.49. The smallest absolute Gasteiger partial charge is 0.409 e. The van der Waals surface area contributed by atoms with Gasteiger partial charge in [-0.25, -0.2) is 4.79 Å². The Hall–Kier alpha value is -3.16. The minimum Gasteiger partial charge on any atom is -0.450 e. The van der Waals surface area contributed by atoms with Crippen molar-refractivity contribution in [3.8, 4) is 0 Å². The summed E-state index contributed by atoms with van der Waals surface area (Å²) in [7, 11) is 0.